The minimum atomic E-state index is -0.283. The molecule has 30 heavy (non-hydrogen) atoms. The number of fused-ring (bicyclic) bond motifs is 1. The summed E-state index contributed by atoms with van der Waals surface area (Å²) in [6.07, 6.45) is 3.41. The summed E-state index contributed by atoms with van der Waals surface area (Å²) in [6.45, 7) is 3.42. The molecule has 0 saturated carbocycles. The van der Waals surface area contributed by atoms with Gasteiger partial charge in [0.2, 0.25) is 0 Å². The maximum atomic E-state index is 14.0. The largest absolute Gasteiger partial charge is 0.352 e. The molecule has 0 unspecified atom stereocenters. The summed E-state index contributed by atoms with van der Waals surface area (Å²) in [5.74, 6) is 0.493. The van der Waals surface area contributed by atoms with Crippen molar-refractivity contribution in [3.8, 4) is 0 Å². The number of para-hydroxylation sites is 1. The zero-order valence-corrected chi connectivity index (χ0v) is 16.9. The molecule has 1 aliphatic heterocycles. The fourth-order valence-electron chi connectivity index (χ4n) is 3.55. The van der Waals surface area contributed by atoms with Gasteiger partial charge in [-0.15, -0.1) is 0 Å². The van der Waals surface area contributed by atoms with Gasteiger partial charge in [-0.2, -0.15) is 5.10 Å². The van der Waals surface area contributed by atoms with Gasteiger partial charge in [-0.3, -0.25) is 9.78 Å². The number of nitrogens with zero attached hydrogens (tertiary/aromatic N) is 6. The number of hydrogen-bond donors (Lipinski definition) is 0. The molecule has 0 N–H and O–H groups in total. The zero-order chi connectivity index (χ0) is 20.5. The molecule has 152 valence electrons. The van der Waals surface area contributed by atoms with Gasteiger partial charge < -0.3 is 9.80 Å². The molecule has 0 radical (unpaired) electrons. The van der Waals surface area contributed by atoms with Gasteiger partial charge in [-0.1, -0.05) is 17.4 Å². The number of rotatable bonds is 4. The van der Waals surface area contributed by atoms with Crippen molar-refractivity contribution in [1.29, 1.82) is 0 Å². The first kappa shape index (κ1) is 18.7. The normalized spacial score (nSPS) is 14.4. The third kappa shape index (κ3) is 3.63. The first-order valence-corrected chi connectivity index (χ1v) is 10.5. The van der Waals surface area contributed by atoms with Crippen molar-refractivity contribution in [2.75, 3.05) is 36.0 Å². The van der Waals surface area contributed by atoms with Gasteiger partial charge in [-0.25, -0.2) is 14.1 Å². The highest BCUT2D eigenvalue weighted by atomic mass is 32.1. The van der Waals surface area contributed by atoms with E-state index in [1.54, 1.807) is 30.6 Å². The SMILES string of the molecule is O=c1ccc(N2CCN(c3nc4c(F)cccc4s3)CC2)nn1Cc1ccncc1. The summed E-state index contributed by atoms with van der Waals surface area (Å²) in [4.78, 5) is 25.1. The van der Waals surface area contributed by atoms with E-state index < -0.39 is 0 Å². The lowest BCUT2D eigenvalue weighted by atomic mass is 10.3. The highest BCUT2D eigenvalue weighted by molar-refractivity contribution is 7.22. The Hall–Kier alpha value is -3.33. The number of piperazine rings is 1. The molecule has 0 aliphatic carbocycles. The maximum absolute atomic E-state index is 14.0. The minimum absolute atomic E-state index is 0.134. The smallest absolute Gasteiger partial charge is 0.267 e. The predicted octanol–water partition coefficient (Wildman–Crippen LogP) is 2.76. The van der Waals surface area contributed by atoms with Crippen molar-refractivity contribution in [3.63, 3.8) is 0 Å². The van der Waals surface area contributed by atoms with Crippen molar-refractivity contribution in [3.05, 3.63) is 76.6 Å². The fourth-order valence-corrected chi connectivity index (χ4v) is 4.58. The Kier molecular flexibility index (Phi) is 4.88. The van der Waals surface area contributed by atoms with Gasteiger partial charge in [0, 0.05) is 44.6 Å². The molecule has 1 saturated heterocycles. The van der Waals surface area contributed by atoms with E-state index in [1.165, 1.54) is 22.1 Å². The van der Waals surface area contributed by atoms with E-state index in [0.717, 1.165) is 47.4 Å². The van der Waals surface area contributed by atoms with E-state index in [0.29, 0.717) is 12.1 Å². The van der Waals surface area contributed by atoms with Crippen LogP contribution in [0.2, 0.25) is 0 Å². The number of pyridine rings is 1. The van der Waals surface area contributed by atoms with Crippen molar-refractivity contribution < 1.29 is 4.39 Å². The molecule has 0 amide bonds. The van der Waals surface area contributed by atoms with E-state index in [1.807, 2.05) is 18.2 Å². The Morgan fingerprint density at radius 3 is 2.50 bits per heavy atom. The zero-order valence-electron chi connectivity index (χ0n) is 16.1. The van der Waals surface area contributed by atoms with Gasteiger partial charge in [0.25, 0.3) is 5.56 Å². The molecule has 0 spiro atoms. The second-order valence-electron chi connectivity index (χ2n) is 7.10. The molecule has 0 atom stereocenters. The Morgan fingerprint density at radius 1 is 0.967 bits per heavy atom. The first-order valence-electron chi connectivity index (χ1n) is 9.69. The molecule has 1 fully saturated rings. The van der Waals surface area contributed by atoms with Crippen molar-refractivity contribution in [2.24, 2.45) is 0 Å². The third-order valence-electron chi connectivity index (χ3n) is 5.17. The molecule has 0 bridgehead atoms. The summed E-state index contributed by atoms with van der Waals surface area (Å²) in [5.41, 5.74) is 1.28. The van der Waals surface area contributed by atoms with E-state index in [-0.39, 0.29) is 11.4 Å². The molecular weight excluding hydrogens is 403 g/mol. The van der Waals surface area contributed by atoms with Crippen molar-refractivity contribution >= 4 is 32.5 Å². The third-order valence-corrected chi connectivity index (χ3v) is 6.25. The number of halogens is 1. The van der Waals surface area contributed by atoms with Crippen LogP contribution in [0.4, 0.5) is 15.3 Å². The number of benzene rings is 1. The summed E-state index contributed by atoms with van der Waals surface area (Å²) in [6, 6.07) is 12.1. The summed E-state index contributed by atoms with van der Waals surface area (Å²) < 4.78 is 16.3. The van der Waals surface area contributed by atoms with Gasteiger partial charge >= 0.3 is 0 Å². The highest BCUT2D eigenvalue weighted by Gasteiger charge is 2.22. The number of aromatic nitrogens is 4. The summed E-state index contributed by atoms with van der Waals surface area (Å²) >= 11 is 1.51. The Balaban J connectivity index is 1.31. The Morgan fingerprint density at radius 2 is 1.73 bits per heavy atom. The minimum Gasteiger partial charge on any atom is -0.352 e. The second-order valence-corrected chi connectivity index (χ2v) is 8.11. The molecule has 3 aromatic heterocycles. The van der Waals surface area contributed by atoms with Crippen LogP contribution in [0.5, 0.6) is 0 Å². The van der Waals surface area contributed by atoms with Crippen LogP contribution in [0.15, 0.2) is 59.7 Å². The second kappa shape index (κ2) is 7.83. The molecule has 4 aromatic rings. The van der Waals surface area contributed by atoms with Gasteiger partial charge in [0.1, 0.15) is 17.2 Å². The van der Waals surface area contributed by atoms with E-state index in [9.17, 15) is 9.18 Å². The Labute approximate surface area is 176 Å². The highest BCUT2D eigenvalue weighted by Crippen LogP contribution is 2.31. The molecule has 7 nitrogen and oxygen atoms in total. The molecule has 1 aliphatic rings. The van der Waals surface area contributed by atoms with Gasteiger partial charge in [-0.05, 0) is 35.9 Å². The lowest BCUT2D eigenvalue weighted by Gasteiger charge is -2.35. The van der Waals surface area contributed by atoms with Crippen LogP contribution in [0.1, 0.15) is 5.56 Å². The molecule has 5 rings (SSSR count). The standard InChI is InChI=1S/C21H19FN6OS/c22-16-2-1-3-17-20(16)24-21(30-17)27-12-10-26(11-13-27)18-4-5-19(29)28(25-18)14-15-6-8-23-9-7-15/h1-9H,10-14H2. The molecule has 1 aromatic carbocycles. The van der Waals surface area contributed by atoms with Crippen molar-refractivity contribution in [1.82, 2.24) is 19.7 Å². The lowest BCUT2D eigenvalue weighted by molar-refractivity contribution is 0.601. The average molecular weight is 422 g/mol. The first-order chi connectivity index (χ1) is 14.7. The summed E-state index contributed by atoms with van der Waals surface area (Å²) in [5, 5.41) is 5.40. The van der Waals surface area contributed by atoms with Crippen LogP contribution < -0.4 is 15.4 Å². The topological polar surface area (TPSA) is 67.2 Å². The van der Waals surface area contributed by atoms with Crippen molar-refractivity contribution in [2.45, 2.75) is 6.54 Å². The number of hydrogen-bond acceptors (Lipinski definition) is 7. The van der Waals surface area contributed by atoms with Crippen LogP contribution in [0.25, 0.3) is 10.2 Å². The quantitative estimate of drug-likeness (QED) is 0.504. The van der Waals surface area contributed by atoms with Crippen LogP contribution >= 0.6 is 11.3 Å². The predicted molar refractivity (Wildman–Crippen MR) is 116 cm³/mol. The van der Waals surface area contributed by atoms with Crippen LogP contribution in [0.3, 0.4) is 0 Å². The van der Waals surface area contributed by atoms with Crippen LogP contribution in [-0.4, -0.2) is 45.9 Å². The monoisotopic (exact) mass is 422 g/mol. The molecule has 9 heteroatoms. The van der Waals surface area contributed by atoms with Gasteiger partial charge in [0.15, 0.2) is 5.13 Å². The number of thiazole rings is 1. The lowest BCUT2D eigenvalue weighted by Crippen LogP contribution is -2.47. The van der Waals surface area contributed by atoms with Gasteiger partial charge in [0.05, 0.1) is 11.2 Å². The fraction of sp³-hybridized carbons (Fsp3) is 0.238. The van der Waals surface area contributed by atoms with E-state index in [4.69, 9.17) is 0 Å². The Bertz CT molecular complexity index is 1230. The van der Waals surface area contributed by atoms with E-state index in [2.05, 4.69) is 24.9 Å². The molecule has 4 heterocycles. The van der Waals surface area contributed by atoms with Crippen LogP contribution in [-0.2, 0) is 6.54 Å². The number of anilines is 2. The summed E-state index contributed by atoms with van der Waals surface area (Å²) in [7, 11) is 0. The molecular formula is C21H19FN6OS. The van der Waals surface area contributed by atoms with Crippen LogP contribution in [0, 0.1) is 5.82 Å². The average Bonchev–Trinajstić information content (AvgIpc) is 3.22. The van der Waals surface area contributed by atoms with E-state index >= 15 is 0 Å². The maximum Gasteiger partial charge on any atom is 0.267 e.